The summed E-state index contributed by atoms with van der Waals surface area (Å²) in [6, 6.07) is 9.15. The van der Waals surface area contributed by atoms with Crippen molar-refractivity contribution in [3.63, 3.8) is 0 Å². The molecular formula is C14H11BrN2O4. The number of non-ortho nitro benzene ring substituents is 1. The van der Waals surface area contributed by atoms with Crippen molar-refractivity contribution in [2.45, 2.75) is 6.92 Å². The van der Waals surface area contributed by atoms with Gasteiger partial charge in [0.15, 0.2) is 0 Å². The predicted octanol–water partition coefficient (Wildman–Crippen LogP) is 3.56. The van der Waals surface area contributed by atoms with Crippen LogP contribution in [0.4, 0.5) is 5.69 Å². The number of halogens is 1. The molecule has 2 N–H and O–H groups in total. The van der Waals surface area contributed by atoms with E-state index in [9.17, 15) is 14.9 Å². The van der Waals surface area contributed by atoms with Crippen LogP contribution >= 0.6 is 15.9 Å². The smallest absolute Gasteiger partial charge is 0.270 e. The molecule has 0 radical (unpaired) electrons. The van der Waals surface area contributed by atoms with E-state index in [1.165, 1.54) is 12.1 Å². The standard InChI is InChI=1S/C14H11BrN2O4/c1-8-2-3-9(15)6-13(8)21-12-5-4-10(17(19)20)7-11(12)14(16)18/h2-7H,1H3,(H2,16,18). The molecule has 2 aromatic rings. The summed E-state index contributed by atoms with van der Waals surface area (Å²) < 4.78 is 6.47. The molecular weight excluding hydrogens is 340 g/mol. The zero-order valence-electron chi connectivity index (χ0n) is 11.0. The summed E-state index contributed by atoms with van der Waals surface area (Å²) in [5, 5.41) is 10.8. The summed E-state index contributed by atoms with van der Waals surface area (Å²) in [6.07, 6.45) is 0. The summed E-state index contributed by atoms with van der Waals surface area (Å²) in [7, 11) is 0. The summed E-state index contributed by atoms with van der Waals surface area (Å²) in [5.41, 5.74) is 5.85. The van der Waals surface area contributed by atoms with E-state index >= 15 is 0 Å². The molecule has 0 aliphatic heterocycles. The first-order valence-corrected chi connectivity index (χ1v) is 6.70. The predicted molar refractivity (Wildman–Crippen MR) is 80.6 cm³/mol. The summed E-state index contributed by atoms with van der Waals surface area (Å²) in [5.74, 6) is -0.0867. The van der Waals surface area contributed by atoms with E-state index in [1.54, 1.807) is 6.07 Å². The van der Waals surface area contributed by atoms with Crippen LogP contribution in [-0.2, 0) is 0 Å². The number of benzene rings is 2. The molecule has 0 aliphatic carbocycles. The number of hydrogen-bond donors (Lipinski definition) is 1. The average molecular weight is 351 g/mol. The monoisotopic (exact) mass is 350 g/mol. The zero-order valence-corrected chi connectivity index (χ0v) is 12.6. The van der Waals surface area contributed by atoms with Gasteiger partial charge in [-0.1, -0.05) is 22.0 Å². The normalized spacial score (nSPS) is 10.2. The Kier molecular flexibility index (Phi) is 4.23. The number of nitrogens with zero attached hydrogens (tertiary/aromatic N) is 1. The van der Waals surface area contributed by atoms with Crippen molar-refractivity contribution in [1.82, 2.24) is 0 Å². The molecule has 1 amide bonds. The van der Waals surface area contributed by atoms with Gasteiger partial charge in [-0.25, -0.2) is 0 Å². The van der Waals surface area contributed by atoms with Gasteiger partial charge in [-0.15, -0.1) is 0 Å². The van der Waals surface area contributed by atoms with Crippen LogP contribution in [-0.4, -0.2) is 10.8 Å². The number of rotatable bonds is 4. The summed E-state index contributed by atoms with van der Waals surface area (Å²) in [4.78, 5) is 21.6. The lowest BCUT2D eigenvalue weighted by Gasteiger charge is -2.11. The Morgan fingerprint density at radius 1 is 1.24 bits per heavy atom. The van der Waals surface area contributed by atoms with Crippen LogP contribution in [0, 0.1) is 17.0 Å². The minimum Gasteiger partial charge on any atom is -0.456 e. The SMILES string of the molecule is Cc1ccc(Br)cc1Oc1ccc([N+](=O)[O-])cc1C(N)=O. The van der Waals surface area contributed by atoms with Crippen molar-refractivity contribution < 1.29 is 14.5 Å². The van der Waals surface area contributed by atoms with E-state index in [4.69, 9.17) is 10.5 Å². The first kappa shape index (κ1) is 15.0. The topological polar surface area (TPSA) is 95.5 Å². The number of hydrogen-bond acceptors (Lipinski definition) is 4. The van der Waals surface area contributed by atoms with Gasteiger partial charge in [-0.2, -0.15) is 0 Å². The van der Waals surface area contributed by atoms with Crippen LogP contribution in [0.3, 0.4) is 0 Å². The Morgan fingerprint density at radius 2 is 1.95 bits per heavy atom. The molecule has 0 spiro atoms. The van der Waals surface area contributed by atoms with Gasteiger partial charge in [-0.05, 0) is 30.7 Å². The molecule has 0 saturated heterocycles. The van der Waals surface area contributed by atoms with E-state index in [0.29, 0.717) is 5.75 Å². The molecule has 0 aliphatic rings. The third-order valence-electron chi connectivity index (χ3n) is 2.81. The third kappa shape index (κ3) is 3.38. The zero-order chi connectivity index (χ0) is 15.6. The van der Waals surface area contributed by atoms with Gasteiger partial charge in [0.25, 0.3) is 11.6 Å². The maximum Gasteiger partial charge on any atom is 0.270 e. The summed E-state index contributed by atoms with van der Waals surface area (Å²) in [6.45, 7) is 1.84. The van der Waals surface area contributed by atoms with E-state index in [-0.39, 0.29) is 17.0 Å². The Balaban J connectivity index is 2.46. The minimum absolute atomic E-state index is 0.0384. The average Bonchev–Trinajstić information content (AvgIpc) is 2.42. The molecule has 0 bridgehead atoms. The number of nitro groups is 1. The van der Waals surface area contributed by atoms with E-state index in [1.807, 2.05) is 19.1 Å². The molecule has 0 fully saturated rings. The first-order valence-electron chi connectivity index (χ1n) is 5.90. The highest BCUT2D eigenvalue weighted by molar-refractivity contribution is 9.10. The van der Waals surface area contributed by atoms with Gasteiger partial charge in [-0.3, -0.25) is 14.9 Å². The van der Waals surface area contributed by atoms with E-state index < -0.39 is 10.8 Å². The molecule has 108 valence electrons. The van der Waals surface area contributed by atoms with Crippen LogP contribution in [0.25, 0.3) is 0 Å². The fraction of sp³-hybridized carbons (Fsp3) is 0.0714. The van der Waals surface area contributed by atoms with Gasteiger partial charge < -0.3 is 10.5 Å². The van der Waals surface area contributed by atoms with Crippen LogP contribution < -0.4 is 10.5 Å². The van der Waals surface area contributed by atoms with Gasteiger partial charge in [0, 0.05) is 16.6 Å². The van der Waals surface area contributed by atoms with Gasteiger partial charge in [0.05, 0.1) is 10.5 Å². The van der Waals surface area contributed by atoms with Crippen molar-refractivity contribution in [1.29, 1.82) is 0 Å². The number of amides is 1. The highest BCUT2D eigenvalue weighted by Crippen LogP contribution is 2.31. The van der Waals surface area contributed by atoms with Gasteiger partial charge >= 0.3 is 0 Å². The molecule has 0 heterocycles. The second-order valence-electron chi connectivity index (χ2n) is 4.31. The molecule has 0 aromatic heterocycles. The van der Waals surface area contributed by atoms with Crippen LogP contribution in [0.15, 0.2) is 40.9 Å². The Morgan fingerprint density at radius 3 is 2.57 bits per heavy atom. The highest BCUT2D eigenvalue weighted by atomic mass is 79.9. The maximum absolute atomic E-state index is 11.4. The Labute approximate surface area is 128 Å². The minimum atomic E-state index is -0.790. The number of ether oxygens (including phenoxy) is 1. The number of primary amides is 1. The molecule has 2 aromatic carbocycles. The Hall–Kier alpha value is -2.41. The van der Waals surface area contributed by atoms with Crippen molar-refractivity contribution in [3.05, 3.63) is 62.1 Å². The van der Waals surface area contributed by atoms with Crippen molar-refractivity contribution >= 4 is 27.5 Å². The number of aryl methyl sites for hydroxylation is 1. The quantitative estimate of drug-likeness (QED) is 0.673. The summed E-state index contributed by atoms with van der Waals surface area (Å²) >= 11 is 3.33. The molecule has 0 unspecified atom stereocenters. The second-order valence-corrected chi connectivity index (χ2v) is 5.23. The number of carbonyl (C=O) groups is 1. The lowest BCUT2D eigenvalue weighted by atomic mass is 10.1. The fourth-order valence-corrected chi connectivity index (χ4v) is 2.06. The largest absolute Gasteiger partial charge is 0.456 e. The highest BCUT2D eigenvalue weighted by Gasteiger charge is 2.17. The maximum atomic E-state index is 11.4. The Bertz CT molecular complexity index is 731. The van der Waals surface area contributed by atoms with Gasteiger partial charge in [0.1, 0.15) is 11.5 Å². The molecule has 0 saturated carbocycles. The fourth-order valence-electron chi connectivity index (χ4n) is 1.72. The van der Waals surface area contributed by atoms with E-state index in [2.05, 4.69) is 15.9 Å². The molecule has 6 nitrogen and oxygen atoms in total. The molecule has 0 atom stereocenters. The number of carbonyl (C=O) groups excluding carboxylic acids is 1. The van der Waals surface area contributed by atoms with E-state index in [0.717, 1.165) is 16.1 Å². The van der Waals surface area contributed by atoms with Crippen LogP contribution in [0.5, 0.6) is 11.5 Å². The van der Waals surface area contributed by atoms with Crippen LogP contribution in [0.2, 0.25) is 0 Å². The first-order chi connectivity index (χ1) is 9.88. The van der Waals surface area contributed by atoms with Crippen molar-refractivity contribution in [2.75, 3.05) is 0 Å². The lowest BCUT2D eigenvalue weighted by Crippen LogP contribution is -2.12. The molecule has 21 heavy (non-hydrogen) atoms. The number of nitro benzene ring substituents is 1. The van der Waals surface area contributed by atoms with Gasteiger partial charge in [0.2, 0.25) is 0 Å². The molecule has 2 rings (SSSR count). The van der Waals surface area contributed by atoms with Crippen molar-refractivity contribution in [2.24, 2.45) is 5.73 Å². The van der Waals surface area contributed by atoms with Crippen LogP contribution in [0.1, 0.15) is 15.9 Å². The number of nitrogens with two attached hydrogens (primary N) is 1. The second kappa shape index (κ2) is 5.92. The third-order valence-corrected chi connectivity index (χ3v) is 3.30. The molecule has 7 heteroatoms. The van der Waals surface area contributed by atoms with Crippen molar-refractivity contribution in [3.8, 4) is 11.5 Å². The lowest BCUT2D eigenvalue weighted by molar-refractivity contribution is -0.384.